The second kappa shape index (κ2) is 8.49. The largest absolute Gasteiger partial charge is 0.312 e. The number of hydrogen-bond donors (Lipinski definition) is 1. The maximum atomic E-state index is 11.1. The van der Waals surface area contributed by atoms with Crippen LogP contribution in [0.5, 0.6) is 0 Å². The molecule has 0 bridgehead atoms. The van der Waals surface area contributed by atoms with Crippen LogP contribution in [0.25, 0.3) is 0 Å². The first-order valence-electron chi connectivity index (χ1n) is 7.49. The van der Waals surface area contributed by atoms with Crippen molar-refractivity contribution >= 4 is 21.6 Å². The fourth-order valence-electron chi connectivity index (χ4n) is 2.33. The highest BCUT2D eigenvalue weighted by Crippen LogP contribution is 2.25. The molecule has 0 aliphatic rings. The van der Waals surface area contributed by atoms with Crippen molar-refractivity contribution in [3.63, 3.8) is 0 Å². The first kappa shape index (κ1) is 18.1. The molecule has 0 heterocycles. The van der Waals surface area contributed by atoms with Gasteiger partial charge in [-0.05, 0) is 24.0 Å². The van der Waals surface area contributed by atoms with Crippen LogP contribution < -0.4 is 5.32 Å². The predicted octanol–water partition coefficient (Wildman–Crippen LogP) is 5.05. The van der Waals surface area contributed by atoms with E-state index in [1.165, 1.54) is 25.7 Å². The van der Waals surface area contributed by atoms with E-state index in [-0.39, 0.29) is 16.0 Å². The van der Waals surface area contributed by atoms with Crippen molar-refractivity contribution in [3.8, 4) is 0 Å². The number of nitro groups is 1. The molecule has 0 aliphatic heterocycles. The third-order valence-corrected chi connectivity index (χ3v) is 4.11. The fraction of sp³-hybridized carbons (Fsp3) is 0.625. The zero-order chi connectivity index (χ0) is 15.9. The number of hydrogen-bond acceptors (Lipinski definition) is 3. The van der Waals surface area contributed by atoms with Gasteiger partial charge in [-0.3, -0.25) is 10.1 Å². The summed E-state index contributed by atoms with van der Waals surface area (Å²) in [7, 11) is 0. The summed E-state index contributed by atoms with van der Waals surface area (Å²) in [6.07, 6.45) is 4.91. The quantitative estimate of drug-likeness (QED) is 0.382. The first-order valence-corrected chi connectivity index (χ1v) is 8.28. The summed E-state index contributed by atoms with van der Waals surface area (Å²) >= 11 is 3.27. The average molecular weight is 357 g/mol. The number of nitro benzene ring substituents is 1. The molecule has 0 spiro atoms. The van der Waals surface area contributed by atoms with Crippen molar-refractivity contribution in [2.24, 2.45) is 5.41 Å². The van der Waals surface area contributed by atoms with Gasteiger partial charge in [0.05, 0.1) is 4.92 Å². The van der Waals surface area contributed by atoms with Crippen molar-refractivity contribution in [1.29, 1.82) is 0 Å². The third kappa shape index (κ3) is 6.57. The van der Waals surface area contributed by atoms with E-state index in [0.717, 1.165) is 16.6 Å². The molecule has 0 saturated heterocycles. The van der Waals surface area contributed by atoms with Crippen LogP contribution in [0.1, 0.15) is 52.0 Å². The van der Waals surface area contributed by atoms with Gasteiger partial charge in [0.2, 0.25) is 0 Å². The number of unbranched alkanes of at least 4 members (excludes halogenated alkanes) is 2. The van der Waals surface area contributed by atoms with Gasteiger partial charge in [0.1, 0.15) is 0 Å². The summed E-state index contributed by atoms with van der Waals surface area (Å²) in [6, 6.07) is 5.21. The summed E-state index contributed by atoms with van der Waals surface area (Å²) in [4.78, 5) is 10.7. The van der Waals surface area contributed by atoms with Gasteiger partial charge in [-0.1, -0.05) is 56.0 Å². The Kier molecular flexibility index (Phi) is 7.32. The summed E-state index contributed by atoms with van der Waals surface area (Å²) < 4.78 is 0.734. The van der Waals surface area contributed by atoms with Gasteiger partial charge < -0.3 is 5.32 Å². The fourth-order valence-corrected chi connectivity index (χ4v) is 2.68. The molecule has 1 aromatic rings. The molecule has 0 atom stereocenters. The van der Waals surface area contributed by atoms with E-state index in [4.69, 9.17) is 0 Å². The second-order valence-corrected chi connectivity index (χ2v) is 7.17. The highest BCUT2D eigenvalue weighted by molar-refractivity contribution is 9.10. The van der Waals surface area contributed by atoms with Crippen LogP contribution in [-0.2, 0) is 6.54 Å². The SMILES string of the molecule is CCCCCC(C)(C)CNCc1ccc(Br)cc1[N+](=O)[O-]. The van der Waals surface area contributed by atoms with E-state index < -0.39 is 0 Å². The van der Waals surface area contributed by atoms with Crippen molar-refractivity contribution in [2.75, 3.05) is 6.54 Å². The lowest BCUT2D eigenvalue weighted by Crippen LogP contribution is -2.29. The summed E-state index contributed by atoms with van der Waals surface area (Å²) in [5.74, 6) is 0. The number of nitrogens with one attached hydrogen (secondary N) is 1. The van der Waals surface area contributed by atoms with Crippen LogP contribution in [0.2, 0.25) is 0 Å². The Hall–Kier alpha value is -0.940. The molecule has 0 aromatic heterocycles. The molecule has 0 amide bonds. The van der Waals surface area contributed by atoms with Gasteiger partial charge >= 0.3 is 0 Å². The van der Waals surface area contributed by atoms with E-state index in [1.54, 1.807) is 12.1 Å². The molecule has 1 rings (SSSR count). The molecule has 0 fully saturated rings. The summed E-state index contributed by atoms with van der Waals surface area (Å²) in [5.41, 5.74) is 1.12. The van der Waals surface area contributed by atoms with Crippen LogP contribution in [0.3, 0.4) is 0 Å². The minimum atomic E-state index is -0.325. The van der Waals surface area contributed by atoms with Crippen LogP contribution in [0.4, 0.5) is 5.69 Å². The van der Waals surface area contributed by atoms with E-state index in [1.807, 2.05) is 6.07 Å². The Morgan fingerprint density at radius 2 is 2.05 bits per heavy atom. The lowest BCUT2D eigenvalue weighted by atomic mass is 9.87. The Balaban J connectivity index is 2.54. The maximum Gasteiger partial charge on any atom is 0.275 e. The zero-order valence-corrected chi connectivity index (χ0v) is 14.7. The minimum Gasteiger partial charge on any atom is -0.312 e. The van der Waals surface area contributed by atoms with E-state index in [0.29, 0.717) is 6.54 Å². The van der Waals surface area contributed by atoms with Crippen LogP contribution in [0, 0.1) is 15.5 Å². The molecule has 1 aromatic carbocycles. The predicted molar refractivity (Wildman–Crippen MR) is 90.4 cm³/mol. The monoisotopic (exact) mass is 356 g/mol. The minimum absolute atomic E-state index is 0.167. The maximum absolute atomic E-state index is 11.1. The third-order valence-electron chi connectivity index (χ3n) is 3.62. The standard InChI is InChI=1S/C16H25BrN2O2/c1-4-5-6-9-16(2,3)12-18-11-13-7-8-14(17)10-15(13)19(20)21/h7-8,10,18H,4-6,9,11-12H2,1-3H3. The van der Waals surface area contributed by atoms with Gasteiger partial charge in [0, 0.05) is 29.2 Å². The topological polar surface area (TPSA) is 55.2 Å². The Morgan fingerprint density at radius 1 is 1.33 bits per heavy atom. The normalized spacial score (nSPS) is 11.6. The molecule has 118 valence electrons. The Bertz CT molecular complexity index is 475. The molecule has 0 unspecified atom stereocenters. The molecule has 4 nitrogen and oxygen atoms in total. The van der Waals surface area contributed by atoms with Crippen LogP contribution >= 0.6 is 15.9 Å². The molecule has 21 heavy (non-hydrogen) atoms. The first-order chi connectivity index (χ1) is 9.85. The average Bonchev–Trinajstić information content (AvgIpc) is 2.40. The van der Waals surface area contributed by atoms with Gasteiger partial charge in [-0.15, -0.1) is 0 Å². The summed E-state index contributed by atoms with van der Waals surface area (Å²) in [6.45, 7) is 8.08. The number of benzene rings is 1. The van der Waals surface area contributed by atoms with Gasteiger partial charge in [0.25, 0.3) is 5.69 Å². The molecular weight excluding hydrogens is 332 g/mol. The van der Waals surface area contributed by atoms with E-state index in [2.05, 4.69) is 42.0 Å². The smallest absolute Gasteiger partial charge is 0.275 e. The lowest BCUT2D eigenvalue weighted by molar-refractivity contribution is -0.385. The summed E-state index contributed by atoms with van der Waals surface area (Å²) in [5, 5.41) is 14.4. The van der Waals surface area contributed by atoms with Gasteiger partial charge in [-0.25, -0.2) is 0 Å². The highest BCUT2D eigenvalue weighted by atomic mass is 79.9. The number of rotatable bonds is 9. The van der Waals surface area contributed by atoms with Gasteiger partial charge in [0.15, 0.2) is 0 Å². The van der Waals surface area contributed by atoms with Crippen LogP contribution in [0.15, 0.2) is 22.7 Å². The highest BCUT2D eigenvalue weighted by Gasteiger charge is 2.18. The lowest BCUT2D eigenvalue weighted by Gasteiger charge is -2.25. The van der Waals surface area contributed by atoms with Gasteiger partial charge in [-0.2, -0.15) is 0 Å². The second-order valence-electron chi connectivity index (χ2n) is 6.26. The van der Waals surface area contributed by atoms with E-state index in [9.17, 15) is 10.1 Å². The van der Waals surface area contributed by atoms with Crippen molar-refractivity contribution in [2.45, 2.75) is 53.0 Å². The molecule has 0 radical (unpaired) electrons. The molecule has 0 aliphatic carbocycles. The van der Waals surface area contributed by atoms with Crippen molar-refractivity contribution < 1.29 is 4.92 Å². The van der Waals surface area contributed by atoms with Crippen molar-refractivity contribution in [3.05, 3.63) is 38.3 Å². The zero-order valence-electron chi connectivity index (χ0n) is 13.1. The molecule has 5 heteroatoms. The van der Waals surface area contributed by atoms with Crippen molar-refractivity contribution in [1.82, 2.24) is 5.32 Å². The molecule has 1 N–H and O–H groups in total. The number of halogens is 1. The Morgan fingerprint density at radius 3 is 2.67 bits per heavy atom. The van der Waals surface area contributed by atoms with E-state index >= 15 is 0 Å². The molecular formula is C16H25BrN2O2. The molecule has 0 saturated carbocycles. The Labute approximate surface area is 135 Å². The van der Waals surface area contributed by atoms with Crippen LogP contribution in [-0.4, -0.2) is 11.5 Å². The number of nitrogens with zero attached hydrogens (tertiary/aromatic N) is 1.